The van der Waals surface area contributed by atoms with Crippen LogP contribution in [0.25, 0.3) is 16.6 Å². The predicted molar refractivity (Wildman–Crippen MR) is 80.2 cm³/mol. The third kappa shape index (κ3) is 2.56. The highest BCUT2D eigenvalue weighted by Crippen LogP contribution is 2.28. The maximum absolute atomic E-state index is 12.8. The van der Waals surface area contributed by atoms with Crippen LogP contribution in [0.3, 0.4) is 0 Å². The van der Waals surface area contributed by atoms with Gasteiger partial charge in [-0.1, -0.05) is 0 Å². The van der Waals surface area contributed by atoms with Gasteiger partial charge in [0.05, 0.1) is 12.1 Å². The smallest absolute Gasteiger partial charge is 0.267 e. The number of H-pyrrole nitrogens is 1. The normalized spacial score (nSPS) is 12.2. The highest BCUT2D eigenvalue weighted by molar-refractivity contribution is 9.10. The van der Waals surface area contributed by atoms with Crippen molar-refractivity contribution in [3.8, 4) is 0 Å². The molecule has 6 nitrogen and oxygen atoms in total. The lowest BCUT2D eigenvalue weighted by Crippen LogP contribution is -2.34. The van der Waals surface area contributed by atoms with Gasteiger partial charge in [-0.25, -0.2) is 8.78 Å². The van der Waals surface area contributed by atoms with E-state index in [1.54, 1.807) is 23.6 Å². The van der Waals surface area contributed by atoms with Crippen LogP contribution in [0.15, 0.2) is 16.7 Å². The van der Waals surface area contributed by atoms with E-state index in [-0.39, 0.29) is 5.69 Å². The van der Waals surface area contributed by atoms with Crippen LogP contribution in [-0.4, -0.2) is 38.0 Å². The minimum atomic E-state index is -2.96. The number of alkyl halides is 2. The Morgan fingerprint density at radius 1 is 1.50 bits per heavy atom. The van der Waals surface area contributed by atoms with Gasteiger partial charge >= 0.3 is 0 Å². The molecule has 0 aliphatic carbocycles. The number of amides is 1. The molecule has 3 aromatic rings. The number of aromatic nitrogens is 4. The largest absolute Gasteiger partial charge is 0.347 e. The van der Waals surface area contributed by atoms with Crippen LogP contribution in [0.4, 0.5) is 8.78 Å². The van der Waals surface area contributed by atoms with Crippen molar-refractivity contribution in [1.29, 1.82) is 0 Å². The molecule has 2 N–H and O–H groups in total. The molecule has 0 radical (unpaired) electrons. The lowest BCUT2D eigenvalue weighted by Gasteiger charge is -2.10. The minimum absolute atomic E-state index is 0.189. The second-order valence-corrected chi connectivity index (χ2v) is 6.00. The van der Waals surface area contributed by atoms with Gasteiger partial charge in [-0.05, 0) is 28.9 Å². The number of carbonyl (C=O) groups excluding carboxylic acids is 1. The van der Waals surface area contributed by atoms with E-state index in [1.807, 2.05) is 0 Å². The fourth-order valence-corrected chi connectivity index (χ4v) is 2.67. The van der Waals surface area contributed by atoms with E-state index in [0.29, 0.717) is 17.0 Å². The molecular weight excluding hydrogens is 360 g/mol. The SMILES string of the molecule is Cc1nnc2c3[nH]c(C(=O)NCC(C)(F)F)cc3c(Br)cn12. The molecule has 9 heteroatoms. The van der Waals surface area contributed by atoms with Crippen LogP contribution in [0.1, 0.15) is 23.2 Å². The van der Waals surface area contributed by atoms with Crippen LogP contribution in [-0.2, 0) is 0 Å². The fourth-order valence-electron chi connectivity index (χ4n) is 2.15. The van der Waals surface area contributed by atoms with Gasteiger partial charge in [-0.3, -0.25) is 9.20 Å². The Balaban J connectivity index is 2.04. The second-order valence-electron chi connectivity index (χ2n) is 5.14. The molecule has 1 amide bonds. The van der Waals surface area contributed by atoms with Crippen molar-refractivity contribution in [2.75, 3.05) is 6.54 Å². The van der Waals surface area contributed by atoms with Gasteiger partial charge in [0.15, 0.2) is 5.65 Å². The van der Waals surface area contributed by atoms with Crippen LogP contribution in [0, 0.1) is 6.92 Å². The zero-order chi connectivity index (χ0) is 16.1. The number of aromatic amines is 1. The van der Waals surface area contributed by atoms with Gasteiger partial charge in [0.25, 0.3) is 11.8 Å². The fraction of sp³-hybridized carbons (Fsp3) is 0.308. The second kappa shape index (κ2) is 5.01. The van der Waals surface area contributed by atoms with E-state index < -0.39 is 18.4 Å². The van der Waals surface area contributed by atoms with Crippen LogP contribution < -0.4 is 5.32 Å². The zero-order valence-corrected chi connectivity index (χ0v) is 13.3. The molecule has 0 saturated heterocycles. The number of fused-ring (bicyclic) bond motifs is 3. The summed E-state index contributed by atoms with van der Waals surface area (Å²) >= 11 is 3.42. The summed E-state index contributed by atoms with van der Waals surface area (Å²) in [7, 11) is 0. The topological polar surface area (TPSA) is 75.1 Å². The third-order valence-electron chi connectivity index (χ3n) is 3.21. The van der Waals surface area contributed by atoms with Gasteiger partial charge in [-0.15, -0.1) is 10.2 Å². The van der Waals surface area contributed by atoms with E-state index in [9.17, 15) is 13.6 Å². The van der Waals surface area contributed by atoms with Gasteiger partial charge in [-0.2, -0.15) is 0 Å². The summed E-state index contributed by atoms with van der Waals surface area (Å²) in [6.07, 6.45) is 1.79. The van der Waals surface area contributed by atoms with Crippen molar-refractivity contribution in [2.24, 2.45) is 0 Å². The lowest BCUT2D eigenvalue weighted by atomic mass is 10.3. The molecule has 0 aliphatic rings. The number of carbonyl (C=O) groups is 1. The molecule has 0 aromatic carbocycles. The molecule has 3 aromatic heterocycles. The Kier molecular flexibility index (Phi) is 3.39. The lowest BCUT2D eigenvalue weighted by molar-refractivity contribution is 0.0220. The molecule has 0 bridgehead atoms. The highest BCUT2D eigenvalue weighted by Gasteiger charge is 2.23. The molecule has 116 valence electrons. The molecule has 0 atom stereocenters. The summed E-state index contributed by atoms with van der Waals surface area (Å²) in [5, 5.41) is 11.0. The van der Waals surface area contributed by atoms with E-state index >= 15 is 0 Å². The first-order chi connectivity index (χ1) is 10.3. The van der Waals surface area contributed by atoms with Crippen LogP contribution in [0.2, 0.25) is 0 Å². The van der Waals surface area contributed by atoms with Crippen molar-refractivity contribution in [2.45, 2.75) is 19.8 Å². The minimum Gasteiger partial charge on any atom is -0.347 e. The first-order valence-electron chi connectivity index (χ1n) is 6.45. The number of nitrogens with one attached hydrogen (secondary N) is 2. The number of pyridine rings is 1. The summed E-state index contributed by atoms with van der Waals surface area (Å²) in [5.41, 5.74) is 1.37. The molecule has 0 aliphatic heterocycles. The first kappa shape index (κ1) is 14.9. The third-order valence-corrected chi connectivity index (χ3v) is 3.84. The molecule has 22 heavy (non-hydrogen) atoms. The van der Waals surface area contributed by atoms with Gasteiger partial charge < -0.3 is 10.3 Å². The Morgan fingerprint density at radius 2 is 2.23 bits per heavy atom. The number of hydrogen-bond acceptors (Lipinski definition) is 3. The van der Waals surface area contributed by atoms with E-state index in [1.165, 1.54) is 0 Å². The first-order valence-corrected chi connectivity index (χ1v) is 7.24. The molecule has 3 heterocycles. The summed E-state index contributed by atoms with van der Waals surface area (Å²) < 4.78 is 28.2. The summed E-state index contributed by atoms with van der Waals surface area (Å²) in [6.45, 7) is 1.83. The Labute approximate surface area is 132 Å². The van der Waals surface area contributed by atoms with Crippen LogP contribution >= 0.6 is 15.9 Å². The monoisotopic (exact) mass is 371 g/mol. The molecular formula is C13H12BrF2N5O. The van der Waals surface area contributed by atoms with E-state index in [2.05, 4.69) is 36.4 Å². The molecule has 0 fully saturated rings. The highest BCUT2D eigenvalue weighted by atomic mass is 79.9. The molecule has 0 saturated carbocycles. The Morgan fingerprint density at radius 3 is 2.91 bits per heavy atom. The maximum Gasteiger partial charge on any atom is 0.267 e. The van der Waals surface area contributed by atoms with Crippen molar-refractivity contribution in [3.05, 3.63) is 28.3 Å². The van der Waals surface area contributed by atoms with Gasteiger partial charge in [0.1, 0.15) is 11.5 Å². The predicted octanol–water partition coefficient (Wildman–Crippen LogP) is 2.67. The zero-order valence-electron chi connectivity index (χ0n) is 11.7. The summed E-state index contributed by atoms with van der Waals surface area (Å²) in [6, 6.07) is 1.59. The molecule has 3 rings (SSSR count). The van der Waals surface area contributed by atoms with Crippen LogP contribution in [0.5, 0.6) is 0 Å². The van der Waals surface area contributed by atoms with Crippen molar-refractivity contribution >= 4 is 38.4 Å². The average molecular weight is 372 g/mol. The average Bonchev–Trinajstić information content (AvgIpc) is 3.01. The quantitative estimate of drug-likeness (QED) is 0.743. The summed E-state index contributed by atoms with van der Waals surface area (Å²) in [4.78, 5) is 14.9. The maximum atomic E-state index is 12.8. The number of rotatable bonds is 3. The number of nitrogens with zero attached hydrogens (tertiary/aromatic N) is 3. The van der Waals surface area contributed by atoms with Gasteiger partial charge in [0, 0.05) is 23.0 Å². The van der Waals surface area contributed by atoms with E-state index in [0.717, 1.165) is 16.8 Å². The number of aryl methyl sites for hydroxylation is 1. The number of hydrogen-bond donors (Lipinski definition) is 2. The molecule has 0 unspecified atom stereocenters. The Bertz CT molecular complexity index is 880. The van der Waals surface area contributed by atoms with Crippen molar-refractivity contribution in [3.63, 3.8) is 0 Å². The van der Waals surface area contributed by atoms with Gasteiger partial charge in [0.2, 0.25) is 0 Å². The van der Waals surface area contributed by atoms with Crippen molar-refractivity contribution < 1.29 is 13.6 Å². The molecule has 0 spiro atoms. The van der Waals surface area contributed by atoms with E-state index in [4.69, 9.17) is 0 Å². The Hall–Kier alpha value is -2.03. The number of halogens is 3. The van der Waals surface area contributed by atoms with Crippen molar-refractivity contribution in [1.82, 2.24) is 24.9 Å². The summed E-state index contributed by atoms with van der Waals surface area (Å²) in [5.74, 6) is -2.86. The standard InChI is InChI=1S/C13H12BrF2N5O/c1-6-19-20-11-10-7(8(14)4-21(6)11)3-9(18-10)12(22)17-5-13(2,15)16/h3-4,18H,5H2,1-2H3,(H,17,22).